The predicted molar refractivity (Wildman–Crippen MR) is 117 cm³/mol. The molecule has 8 nitrogen and oxygen atoms in total. The summed E-state index contributed by atoms with van der Waals surface area (Å²) in [7, 11) is -3.70. The Kier molecular flexibility index (Phi) is 5.54. The highest BCUT2D eigenvalue weighted by Crippen LogP contribution is 2.21. The molecule has 1 aromatic carbocycles. The molecule has 0 aliphatic carbocycles. The molecular weight excluding hydrogens is 400 g/mol. The molecule has 0 unspecified atom stereocenters. The van der Waals surface area contributed by atoms with E-state index in [1.54, 1.807) is 25.3 Å². The van der Waals surface area contributed by atoms with Crippen LogP contribution in [-0.4, -0.2) is 49.5 Å². The van der Waals surface area contributed by atoms with Gasteiger partial charge in [-0.1, -0.05) is 18.2 Å². The van der Waals surface area contributed by atoms with E-state index in [-0.39, 0.29) is 4.90 Å². The predicted octanol–water partition coefficient (Wildman–Crippen LogP) is 2.62. The quantitative estimate of drug-likeness (QED) is 0.673. The molecule has 0 amide bonds. The molecule has 9 heteroatoms. The Hall–Kier alpha value is -3.20. The first-order valence-electron chi connectivity index (χ1n) is 9.75. The number of hydrogen-bond donors (Lipinski definition) is 1. The van der Waals surface area contributed by atoms with Gasteiger partial charge in [-0.15, -0.1) is 0 Å². The molecule has 156 valence electrons. The number of aromatic nitrogens is 3. The maximum Gasteiger partial charge on any atom is 0.262 e. The van der Waals surface area contributed by atoms with Crippen molar-refractivity contribution in [3.63, 3.8) is 0 Å². The molecule has 3 aromatic rings. The number of rotatable bonds is 5. The molecule has 1 aliphatic heterocycles. The van der Waals surface area contributed by atoms with Crippen molar-refractivity contribution in [3.05, 3.63) is 66.1 Å². The zero-order valence-electron chi connectivity index (χ0n) is 17.0. The van der Waals surface area contributed by atoms with Crippen molar-refractivity contribution in [1.82, 2.24) is 15.0 Å². The van der Waals surface area contributed by atoms with E-state index in [2.05, 4.69) is 29.5 Å². The van der Waals surface area contributed by atoms with Gasteiger partial charge in [-0.3, -0.25) is 4.72 Å². The monoisotopic (exact) mass is 424 g/mol. The molecule has 1 saturated heterocycles. The Bertz CT molecular complexity index is 1110. The summed E-state index contributed by atoms with van der Waals surface area (Å²) in [4.78, 5) is 17.7. The fourth-order valence-electron chi connectivity index (χ4n) is 3.42. The van der Waals surface area contributed by atoms with E-state index in [9.17, 15) is 8.42 Å². The van der Waals surface area contributed by atoms with Gasteiger partial charge in [0.25, 0.3) is 10.0 Å². The van der Waals surface area contributed by atoms with Crippen molar-refractivity contribution >= 4 is 27.5 Å². The maximum absolute atomic E-state index is 12.7. The molecule has 0 saturated carbocycles. The Morgan fingerprint density at radius 1 is 0.900 bits per heavy atom. The normalized spacial score (nSPS) is 14.6. The van der Waals surface area contributed by atoms with Crippen LogP contribution in [0.5, 0.6) is 0 Å². The van der Waals surface area contributed by atoms with E-state index < -0.39 is 10.0 Å². The molecule has 1 aliphatic rings. The van der Waals surface area contributed by atoms with Crippen LogP contribution in [0, 0.1) is 13.8 Å². The summed E-state index contributed by atoms with van der Waals surface area (Å²) < 4.78 is 28.1. The van der Waals surface area contributed by atoms with Crippen LogP contribution >= 0.6 is 0 Å². The first-order chi connectivity index (χ1) is 14.4. The molecule has 1 fully saturated rings. The minimum absolute atomic E-state index is 0.261. The van der Waals surface area contributed by atoms with Gasteiger partial charge in [0.15, 0.2) is 0 Å². The molecule has 1 N–H and O–H groups in total. The highest BCUT2D eigenvalue weighted by molar-refractivity contribution is 7.92. The van der Waals surface area contributed by atoms with Crippen molar-refractivity contribution in [1.29, 1.82) is 0 Å². The fourth-order valence-corrected chi connectivity index (χ4v) is 4.78. The molecule has 2 aromatic heterocycles. The molecule has 3 heterocycles. The minimum atomic E-state index is -3.70. The fraction of sp³-hybridized carbons (Fsp3) is 0.286. The van der Waals surface area contributed by atoms with Gasteiger partial charge in [0.2, 0.25) is 5.95 Å². The van der Waals surface area contributed by atoms with Crippen molar-refractivity contribution in [3.8, 4) is 0 Å². The lowest BCUT2D eigenvalue weighted by molar-refractivity contribution is 0.600. The highest BCUT2D eigenvalue weighted by atomic mass is 32.2. The van der Waals surface area contributed by atoms with Gasteiger partial charge in [0.1, 0.15) is 5.82 Å². The van der Waals surface area contributed by atoms with Crippen molar-refractivity contribution in [2.45, 2.75) is 18.7 Å². The van der Waals surface area contributed by atoms with Crippen LogP contribution in [-0.2, 0) is 10.0 Å². The minimum Gasteiger partial charge on any atom is -0.353 e. The third kappa shape index (κ3) is 4.35. The van der Waals surface area contributed by atoms with Crippen LogP contribution in [0.2, 0.25) is 0 Å². The van der Waals surface area contributed by atoms with E-state index in [1.165, 1.54) is 12.4 Å². The summed E-state index contributed by atoms with van der Waals surface area (Å²) in [5.74, 6) is 1.56. The second kappa shape index (κ2) is 8.27. The second-order valence-corrected chi connectivity index (χ2v) is 8.96. The standard InChI is InChI=1S/C21H24N6O2S/c1-16-6-7-17(2)19(13-16)30(28,29)25-18-14-23-21(24-15-18)27-11-9-26(10-12-27)20-5-3-4-8-22-20/h3-8,13-15,25H,9-12H2,1-2H3. The number of benzene rings is 1. The summed E-state index contributed by atoms with van der Waals surface area (Å²) in [6.07, 6.45) is 4.81. The average molecular weight is 425 g/mol. The lowest BCUT2D eigenvalue weighted by Crippen LogP contribution is -2.47. The zero-order valence-corrected chi connectivity index (χ0v) is 17.8. The molecule has 0 bridgehead atoms. The number of sulfonamides is 1. The molecule has 0 radical (unpaired) electrons. The Morgan fingerprint density at radius 3 is 2.27 bits per heavy atom. The third-order valence-corrected chi connectivity index (χ3v) is 6.58. The van der Waals surface area contributed by atoms with Gasteiger partial charge in [-0.05, 0) is 43.2 Å². The molecular formula is C21H24N6O2S. The van der Waals surface area contributed by atoms with Gasteiger partial charge in [0, 0.05) is 32.4 Å². The lowest BCUT2D eigenvalue weighted by Gasteiger charge is -2.35. The Morgan fingerprint density at radius 2 is 1.60 bits per heavy atom. The summed E-state index contributed by atoms with van der Waals surface area (Å²) in [6.45, 7) is 6.82. The van der Waals surface area contributed by atoms with E-state index in [0.29, 0.717) is 17.2 Å². The topological polar surface area (TPSA) is 91.3 Å². The first-order valence-corrected chi connectivity index (χ1v) is 11.2. The zero-order chi connectivity index (χ0) is 21.1. The molecule has 0 atom stereocenters. The van der Waals surface area contributed by atoms with Gasteiger partial charge in [-0.2, -0.15) is 0 Å². The molecule has 0 spiro atoms. The van der Waals surface area contributed by atoms with Crippen LogP contribution in [0.15, 0.2) is 59.9 Å². The highest BCUT2D eigenvalue weighted by Gasteiger charge is 2.21. The van der Waals surface area contributed by atoms with Crippen LogP contribution in [0.1, 0.15) is 11.1 Å². The number of aryl methyl sites for hydroxylation is 2. The van der Waals surface area contributed by atoms with Gasteiger partial charge in [-0.25, -0.2) is 23.4 Å². The largest absolute Gasteiger partial charge is 0.353 e. The van der Waals surface area contributed by atoms with E-state index in [0.717, 1.165) is 37.6 Å². The Balaban J connectivity index is 1.42. The van der Waals surface area contributed by atoms with Crippen LogP contribution in [0.25, 0.3) is 0 Å². The van der Waals surface area contributed by atoms with E-state index in [1.807, 2.05) is 31.2 Å². The number of nitrogens with zero attached hydrogens (tertiary/aromatic N) is 5. The third-order valence-electron chi connectivity index (χ3n) is 5.06. The number of hydrogen-bond acceptors (Lipinski definition) is 7. The average Bonchev–Trinajstić information content (AvgIpc) is 2.76. The molecule has 4 rings (SSSR count). The van der Waals surface area contributed by atoms with Crippen molar-refractivity contribution in [2.75, 3.05) is 40.7 Å². The van der Waals surface area contributed by atoms with Crippen LogP contribution in [0.3, 0.4) is 0 Å². The Labute approximate surface area is 176 Å². The summed E-state index contributed by atoms with van der Waals surface area (Å²) in [5, 5.41) is 0. The van der Waals surface area contributed by atoms with Gasteiger partial charge >= 0.3 is 0 Å². The van der Waals surface area contributed by atoms with Crippen molar-refractivity contribution < 1.29 is 8.42 Å². The number of anilines is 3. The van der Waals surface area contributed by atoms with Gasteiger partial charge < -0.3 is 9.80 Å². The van der Waals surface area contributed by atoms with Gasteiger partial charge in [0.05, 0.1) is 23.0 Å². The number of nitrogens with one attached hydrogen (secondary N) is 1. The first kappa shape index (κ1) is 20.1. The van der Waals surface area contributed by atoms with Crippen LogP contribution in [0.4, 0.5) is 17.5 Å². The number of piperazine rings is 1. The summed E-state index contributed by atoms with van der Waals surface area (Å²) in [5.41, 5.74) is 1.92. The lowest BCUT2D eigenvalue weighted by atomic mass is 10.2. The number of pyridine rings is 1. The summed E-state index contributed by atoms with van der Waals surface area (Å²) >= 11 is 0. The summed E-state index contributed by atoms with van der Waals surface area (Å²) in [6, 6.07) is 11.2. The van der Waals surface area contributed by atoms with Crippen molar-refractivity contribution in [2.24, 2.45) is 0 Å². The van der Waals surface area contributed by atoms with Crippen LogP contribution < -0.4 is 14.5 Å². The molecule has 30 heavy (non-hydrogen) atoms. The maximum atomic E-state index is 12.7. The second-order valence-electron chi connectivity index (χ2n) is 7.31. The van der Waals surface area contributed by atoms with E-state index >= 15 is 0 Å². The van der Waals surface area contributed by atoms with E-state index in [4.69, 9.17) is 0 Å². The SMILES string of the molecule is Cc1ccc(C)c(S(=O)(=O)Nc2cnc(N3CCN(c4ccccn4)CC3)nc2)c1. The smallest absolute Gasteiger partial charge is 0.262 e.